The molecule has 16 heavy (non-hydrogen) atoms. The summed E-state index contributed by atoms with van der Waals surface area (Å²) in [6.07, 6.45) is 4.62. The lowest BCUT2D eigenvalue weighted by molar-refractivity contribution is -0.148. The van der Waals surface area contributed by atoms with Crippen molar-refractivity contribution in [3.05, 3.63) is 12.4 Å². The molecule has 0 bridgehead atoms. The Morgan fingerprint density at radius 2 is 2.56 bits per heavy atom. The Hall–Kier alpha value is -1.01. The number of hydrogen-bond acceptors (Lipinski definition) is 4. The van der Waals surface area contributed by atoms with E-state index in [1.165, 1.54) is 0 Å². The zero-order valence-electron chi connectivity index (χ0n) is 9.00. The van der Waals surface area contributed by atoms with E-state index in [2.05, 4.69) is 5.10 Å². The molecule has 1 aromatic rings. The normalized spacial score (nSPS) is 24.8. The fourth-order valence-corrected chi connectivity index (χ4v) is 2.64. The molecule has 1 fully saturated rings. The van der Waals surface area contributed by atoms with Gasteiger partial charge >= 0.3 is 5.97 Å². The van der Waals surface area contributed by atoms with E-state index in [0.29, 0.717) is 6.42 Å². The molecule has 2 unspecified atom stereocenters. The molecule has 1 N–H and O–H groups in total. The number of carboxylic acid groups (broad SMARTS) is 1. The molecule has 0 spiro atoms. The number of thioether (sulfide) groups is 1. The quantitative estimate of drug-likeness (QED) is 0.802. The van der Waals surface area contributed by atoms with Crippen molar-refractivity contribution >= 4 is 17.7 Å². The summed E-state index contributed by atoms with van der Waals surface area (Å²) >= 11 is 1.65. The topological polar surface area (TPSA) is 64.4 Å². The SMILES string of the molecule is Cn1cc(SCC2CCC(C(=O)O)O2)cn1. The van der Waals surface area contributed by atoms with Gasteiger partial charge in [-0.1, -0.05) is 0 Å². The van der Waals surface area contributed by atoms with Crippen LogP contribution in [0.15, 0.2) is 17.3 Å². The molecule has 1 aliphatic heterocycles. The highest BCUT2D eigenvalue weighted by molar-refractivity contribution is 7.99. The summed E-state index contributed by atoms with van der Waals surface area (Å²) < 4.78 is 7.15. The van der Waals surface area contributed by atoms with E-state index in [1.807, 2.05) is 13.2 Å². The number of carbonyl (C=O) groups is 1. The number of aliphatic carboxylic acids is 1. The molecule has 0 aromatic carbocycles. The minimum atomic E-state index is -0.853. The van der Waals surface area contributed by atoms with Crippen LogP contribution in [0.3, 0.4) is 0 Å². The molecule has 1 aliphatic rings. The number of hydrogen-bond donors (Lipinski definition) is 1. The van der Waals surface area contributed by atoms with Crippen LogP contribution in [0.5, 0.6) is 0 Å². The van der Waals surface area contributed by atoms with Crippen LogP contribution in [0.25, 0.3) is 0 Å². The van der Waals surface area contributed by atoms with E-state index >= 15 is 0 Å². The zero-order chi connectivity index (χ0) is 11.5. The number of nitrogens with zero attached hydrogens (tertiary/aromatic N) is 2. The van der Waals surface area contributed by atoms with Gasteiger partial charge in [-0.3, -0.25) is 4.68 Å². The van der Waals surface area contributed by atoms with Crippen LogP contribution < -0.4 is 0 Å². The minimum Gasteiger partial charge on any atom is -0.479 e. The standard InChI is InChI=1S/C10H14N2O3S/c1-12-5-8(4-11-12)16-6-7-2-3-9(15-7)10(13)14/h4-5,7,9H,2-3,6H2,1H3,(H,13,14). The van der Waals surface area contributed by atoms with Crippen molar-refractivity contribution in [1.82, 2.24) is 9.78 Å². The number of ether oxygens (including phenoxy) is 1. The summed E-state index contributed by atoms with van der Waals surface area (Å²) in [4.78, 5) is 11.8. The summed E-state index contributed by atoms with van der Waals surface area (Å²) in [6, 6.07) is 0. The van der Waals surface area contributed by atoms with Crippen molar-refractivity contribution < 1.29 is 14.6 Å². The number of aromatic nitrogens is 2. The first-order valence-electron chi connectivity index (χ1n) is 5.15. The maximum Gasteiger partial charge on any atom is 0.332 e. The Bertz CT molecular complexity index is 380. The third kappa shape index (κ3) is 2.76. The predicted molar refractivity (Wildman–Crippen MR) is 59.5 cm³/mol. The van der Waals surface area contributed by atoms with Crippen molar-refractivity contribution in [3.8, 4) is 0 Å². The molecule has 2 atom stereocenters. The molecule has 2 rings (SSSR count). The predicted octanol–water partition coefficient (Wildman–Crippen LogP) is 1.14. The first kappa shape index (κ1) is 11.5. The van der Waals surface area contributed by atoms with Crippen LogP contribution in [0, 0.1) is 0 Å². The molecule has 2 heterocycles. The van der Waals surface area contributed by atoms with Crippen LogP contribution in [0.2, 0.25) is 0 Å². The Labute approximate surface area is 97.8 Å². The highest BCUT2D eigenvalue weighted by Crippen LogP contribution is 2.26. The van der Waals surface area contributed by atoms with Gasteiger partial charge in [0.05, 0.1) is 12.3 Å². The maximum absolute atomic E-state index is 10.7. The van der Waals surface area contributed by atoms with Crippen molar-refractivity contribution in [3.63, 3.8) is 0 Å². The Kier molecular flexibility index (Phi) is 3.50. The third-order valence-electron chi connectivity index (χ3n) is 2.50. The van der Waals surface area contributed by atoms with E-state index < -0.39 is 12.1 Å². The second kappa shape index (κ2) is 4.88. The van der Waals surface area contributed by atoms with Crippen LogP contribution in [-0.4, -0.2) is 38.8 Å². The fraction of sp³-hybridized carbons (Fsp3) is 0.600. The fourth-order valence-electron chi connectivity index (χ4n) is 1.67. The number of rotatable bonds is 4. The van der Waals surface area contributed by atoms with Gasteiger partial charge in [0.1, 0.15) is 0 Å². The summed E-state index contributed by atoms with van der Waals surface area (Å²) in [5.41, 5.74) is 0. The summed E-state index contributed by atoms with van der Waals surface area (Å²) in [5.74, 6) is -0.0657. The average molecular weight is 242 g/mol. The van der Waals surface area contributed by atoms with E-state index in [-0.39, 0.29) is 6.10 Å². The molecule has 1 saturated heterocycles. The number of aryl methyl sites for hydroxylation is 1. The highest BCUT2D eigenvalue weighted by atomic mass is 32.2. The van der Waals surface area contributed by atoms with Gasteiger partial charge in [-0.2, -0.15) is 5.10 Å². The van der Waals surface area contributed by atoms with Crippen LogP contribution >= 0.6 is 11.8 Å². The Balaban J connectivity index is 1.77. The van der Waals surface area contributed by atoms with Gasteiger partial charge in [0.25, 0.3) is 0 Å². The largest absolute Gasteiger partial charge is 0.479 e. The molecule has 88 valence electrons. The molecule has 0 amide bonds. The van der Waals surface area contributed by atoms with Gasteiger partial charge in [0, 0.05) is 23.9 Å². The van der Waals surface area contributed by atoms with Gasteiger partial charge in [0.2, 0.25) is 0 Å². The van der Waals surface area contributed by atoms with Gasteiger partial charge in [-0.25, -0.2) is 4.79 Å². The number of carboxylic acids is 1. The molecule has 0 aliphatic carbocycles. The van der Waals surface area contributed by atoms with Crippen molar-refractivity contribution in [2.75, 3.05) is 5.75 Å². The smallest absolute Gasteiger partial charge is 0.332 e. The molecule has 5 nitrogen and oxygen atoms in total. The Morgan fingerprint density at radius 1 is 1.75 bits per heavy atom. The Morgan fingerprint density at radius 3 is 3.12 bits per heavy atom. The zero-order valence-corrected chi connectivity index (χ0v) is 9.81. The van der Waals surface area contributed by atoms with Crippen molar-refractivity contribution in [2.45, 2.75) is 29.9 Å². The second-order valence-electron chi connectivity index (χ2n) is 3.82. The van der Waals surface area contributed by atoms with Gasteiger partial charge < -0.3 is 9.84 Å². The van der Waals surface area contributed by atoms with Crippen LogP contribution in [-0.2, 0) is 16.6 Å². The van der Waals surface area contributed by atoms with E-state index in [1.54, 1.807) is 22.6 Å². The lowest BCUT2D eigenvalue weighted by Crippen LogP contribution is -2.21. The second-order valence-corrected chi connectivity index (χ2v) is 4.92. The monoisotopic (exact) mass is 242 g/mol. The van der Waals surface area contributed by atoms with Gasteiger partial charge in [-0.05, 0) is 12.8 Å². The summed E-state index contributed by atoms with van der Waals surface area (Å²) in [7, 11) is 1.87. The van der Waals surface area contributed by atoms with Crippen molar-refractivity contribution in [1.29, 1.82) is 0 Å². The van der Waals surface area contributed by atoms with Gasteiger partial charge in [0.15, 0.2) is 6.10 Å². The summed E-state index contributed by atoms with van der Waals surface area (Å²) in [5, 5.41) is 12.8. The average Bonchev–Trinajstić information content (AvgIpc) is 2.83. The van der Waals surface area contributed by atoms with Crippen molar-refractivity contribution in [2.24, 2.45) is 7.05 Å². The highest BCUT2D eigenvalue weighted by Gasteiger charge is 2.30. The summed E-state index contributed by atoms with van der Waals surface area (Å²) in [6.45, 7) is 0. The minimum absolute atomic E-state index is 0.0475. The van der Waals surface area contributed by atoms with E-state index in [9.17, 15) is 4.79 Å². The first-order chi connectivity index (χ1) is 7.65. The van der Waals surface area contributed by atoms with E-state index in [4.69, 9.17) is 9.84 Å². The molecule has 0 saturated carbocycles. The lowest BCUT2D eigenvalue weighted by atomic mass is 10.2. The molecule has 1 aromatic heterocycles. The van der Waals surface area contributed by atoms with Gasteiger partial charge in [-0.15, -0.1) is 11.8 Å². The van der Waals surface area contributed by atoms with E-state index in [0.717, 1.165) is 17.1 Å². The molecule has 0 radical (unpaired) electrons. The van der Waals surface area contributed by atoms with Crippen LogP contribution in [0.4, 0.5) is 0 Å². The molecular weight excluding hydrogens is 228 g/mol. The van der Waals surface area contributed by atoms with Crippen LogP contribution in [0.1, 0.15) is 12.8 Å². The lowest BCUT2D eigenvalue weighted by Gasteiger charge is -2.09. The molecule has 6 heteroatoms. The first-order valence-corrected chi connectivity index (χ1v) is 6.13. The molecular formula is C10H14N2O3S. The maximum atomic E-state index is 10.7. The third-order valence-corrected chi connectivity index (χ3v) is 3.58.